The zero-order valence-corrected chi connectivity index (χ0v) is 15.8. The van der Waals surface area contributed by atoms with Gasteiger partial charge in [-0.3, -0.25) is 0 Å². The van der Waals surface area contributed by atoms with E-state index in [2.05, 4.69) is 83.1 Å². The Morgan fingerprint density at radius 2 is 1.95 bits per heavy atom. The van der Waals surface area contributed by atoms with Gasteiger partial charge in [0.25, 0.3) is 0 Å². The molecule has 1 rings (SSSR count). The van der Waals surface area contributed by atoms with Crippen LogP contribution in [0.25, 0.3) is 6.08 Å². The van der Waals surface area contributed by atoms with E-state index in [1.807, 2.05) is 6.07 Å². The van der Waals surface area contributed by atoms with Gasteiger partial charge in [-0.15, -0.1) is 0 Å². The minimum absolute atomic E-state index is 0.129. The highest BCUT2D eigenvalue weighted by molar-refractivity contribution is 9.11. The van der Waals surface area contributed by atoms with Crippen molar-refractivity contribution in [1.82, 2.24) is 5.32 Å². The fourth-order valence-electron chi connectivity index (χ4n) is 1.61. The molecule has 0 saturated carbocycles. The molecule has 0 aliphatic rings. The highest BCUT2D eigenvalue weighted by Gasteiger charge is 2.09. The van der Waals surface area contributed by atoms with Gasteiger partial charge < -0.3 is 10.1 Å². The van der Waals surface area contributed by atoms with Crippen LogP contribution in [-0.4, -0.2) is 18.7 Å². The van der Waals surface area contributed by atoms with Crippen molar-refractivity contribution in [1.29, 1.82) is 0 Å². The summed E-state index contributed by atoms with van der Waals surface area (Å²) in [6, 6.07) is 4.08. The van der Waals surface area contributed by atoms with Crippen LogP contribution < -0.4 is 10.1 Å². The van der Waals surface area contributed by atoms with Gasteiger partial charge in [-0.05, 0) is 55.3 Å². The van der Waals surface area contributed by atoms with E-state index in [-0.39, 0.29) is 5.54 Å². The van der Waals surface area contributed by atoms with Crippen molar-refractivity contribution in [2.75, 3.05) is 13.2 Å². The summed E-state index contributed by atoms with van der Waals surface area (Å²) in [7, 11) is 0. The molecule has 0 saturated heterocycles. The van der Waals surface area contributed by atoms with Crippen LogP contribution in [0.1, 0.15) is 39.7 Å². The van der Waals surface area contributed by atoms with Crippen molar-refractivity contribution in [3.63, 3.8) is 0 Å². The van der Waals surface area contributed by atoms with Crippen LogP contribution in [0.15, 0.2) is 27.2 Å². The van der Waals surface area contributed by atoms with E-state index in [1.165, 1.54) is 0 Å². The summed E-state index contributed by atoms with van der Waals surface area (Å²) in [5.41, 5.74) is 1.21. The Morgan fingerprint density at radius 1 is 1.25 bits per heavy atom. The van der Waals surface area contributed by atoms with E-state index >= 15 is 0 Å². The maximum atomic E-state index is 5.83. The summed E-state index contributed by atoms with van der Waals surface area (Å²) < 4.78 is 7.84. The quantitative estimate of drug-likeness (QED) is 0.684. The van der Waals surface area contributed by atoms with Crippen LogP contribution in [0.3, 0.4) is 0 Å². The summed E-state index contributed by atoms with van der Waals surface area (Å²) in [5.74, 6) is 0.905. The number of benzene rings is 1. The number of ether oxygens (including phenoxy) is 1. The molecule has 1 aromatic rings. The minimum atomic E-state index is 0.129. The number of rotatable bonds is 6. The van der Waals surface area contributed by atoms with Crippen molar-refractivity contribution in [3.05, 3.63) is 32.7 Å². The molecule has 0 aliphatic carbocycles. The van der Waals surface area contributed by atoms with E-state index in [4.69, 9.17) is 4.74 Å². The van der Waals surface area contributed by atoms with Crippen molar-refractivity contribution in [2.45, 2.75) is 39.7 Å². The Morgan fingerprint density at radius 3 is 2.55 bits per heavy atom. The summed E-state index contributed by atoms with van der Waals surface area (Å²) >= 11 is 7.09. The fourth-order valence-corrected chi connectivity index (χ4v) is 2.98. The molecule has 4 heteroatoms. The second-order valence-corrected chi connectivity index (χ2v) is 7.46. The summed E-state index contributed by atoms with van der Waals surface area (Å²) in [5, 5.41) is 3.43. The zero-order valence-electron chi connectivity index (χ0n) is 12.6. The molecule has 0 amide bonds. The van der Waals surface area contributed by atoms with Gasteiger partial charge in [-0.2, -0.15) is 0 Å². The van der Waals surface area contributed by atoms with Crippen LogP contribution in [0.4, 0.5) is 0 Å². The third-order valence-corrected chi connectivity index (χ3v) is 3.58. The highest BCUT2D eigenvalue weighted by atomic mass is 79.9. The lowest BCUT2D eigenvalue weighted by atomic mass is 10.1. The Kier molecular flexibility index (Phi) is 7.27. The topological polar surface area (TPSA) is 21.3 Å². The maximum absolute atomic E-state index is 5.83. The molecule has 0 aromatic heterocycles. The van der Waals surface area contributed by atoms with Crippen LogP contribution in [0.2, 0.25) is 0 Å². The van der Waals surface area contributed by atoms with Crippen molar-refractivity contribution >= 4 is 37.9 Å². The molecular formula is C16H23Br2NO. The largest absolute Gasteiger partial charge is 0.492 e. The van der Waals surface area contributed by atoms with Crippen molar-refractivity contribution < 1.29 is 4.74 Å². The van der Waals surface area contributed by atoms with Gasteiger partial charge in [0.2, 0.25) is 0 Å². The molecule has 0 atom stereocenters. The third-order valence-electron chi connectivity index (χ3n) is 2.54. The Balaban J connectivity index is 2.83. The fraction of sp³-hybridized carbons (Fsp3) is 0.500. The SMILES string of the molecule is CCCOc1c(Br)cc(Br)cc1C=CCNC(C)(C)C. The van der Waals surface area contributed by atoms with Crippen molar-refractivity contribution in [3.8, 4) is 5.75 Å². The lowest BCUT2D eigenvalue weighted by Gasteiger charge is -2.19. The number of hydrogen-bond donors (Lipinski definition) is 1. The molecule has 0 aliphatic heterocycles. The normalized spacial score (nSPS) is 12.1. The van der Waals surface area contributed by atoms with Gasteiger partial charge in [-0.1, -0.05) is 35.0 Å². The molecule has 1 aromatic carbocycles. The summed E-state index contributed by atoms with van der Waals surface area (Å²) in [4.78, 5) is 0. The van der Waals surface area contributed by atoms with Gasteiger partial charge in [0, 0.05) is 22.1 Å². The number of nitrogens with one attached hydrogen (secondary N) is 1. The van der Waals surface area contributed by atoms with Gasteiger partial charge in [0.15, 0.2) is 0 Å². The molecular weight excluding hydrogens is 382 g/mol. The molecule has 0 spiro atoms. The first-order chi connectivity index (χ1) is 9.33. The van der Waals surface area contributed by atoms with Crippen LogP contribution in [0.5, 0.6) is 5.75 Å². The second kappa shape index (κ2) is 8.20. The maximum Gasteiger partial charge on any atom is 0.140 e. The van der Waals surface area contributed by atoms with Gasteiger partial charge in [0.05, 0.1) is 11.1 Å². The Labute approximate surface area is 139 Å². The molecule has 0 unspecified atom stereocenters. The summed E-state index contributed by atoms with van der Waals surface area (Å²) in [6.07, 6.45) is 5.22. The number of halogens is 2. The van der Waals surface area contributed by atoms with E-state index in [0.29, 0.717) is 0 Å². The Bertz CT molecular complexity index is 464. The molecule has 0 bridgehead atoms. The Hall–Kier alpha value is -0.320. The smallest absolute Gasteiger partial charge is 0.140 e. The first kappa shape index (κ1) is 17.7. The predicted octanol–water partition coefficient (Wildman–Crippen LogP) is 5.40. The number of hydrogen-bond acceptors (Lipinski definition) is 2. The summed E-state index contributed by atoms with van der Waals surface area (Å²) in [6.45, 7) is 10.1. The third kappa shape index (κ3) is 6.42. The van der Waals surface area contributed by atoms with E-state index < -0.39 is 0 Å². The lowest BCUT2D eigenvalue weighted by molar-refractivity contribution is 0.315. The van der Waals surface area contributed by atoms with E-state index in [9.17, 15) is 0 Å². The zero-order chi connectivity index (χ0) is 15.2. The van der Waals surface area contributed by atoms with Crippen LogP contribution in [0, 0.1) is 0 Å². The van der Waals surface area contributed by atoms with Crippen molar-refractivity contribution in [2.24, 2.45) is 0 Å². The molecule has 0 fully saturated rings. The van der Waals surface area contributed by atoms with Gasteiger partial charge >= 0.3 is 0 Å². The monoisotopic (exact) mass is 403 g/mol. The molecule has 20 heavy (non-hydrogen) atoms. The first-order valence-electron chi connectivity index (χ1n) is 6.87. The molecule has 0 radical (unpaired) electrons. The van der Waals surface area contributed by atoms with Crippen LogP contribution >= 0.6 is 31.9 Å². The minimum Gasteiger partial charge on any atom is -0.492 e. The van der Waals surface area contributed by atoms with E-state index in [0.717, 1.165) is 39.8 Å². The molecule has 1 N–H and O–H groups in total. The lowest BCUT2D eigenvalue weighted by Crippen LogP contribution is -2.35. The standard InChI is InChI=1S/C16H23Br2NO/c1-5-9-20-15-12(10-13(17)11-14(15)18)7-6-8-19-16(2,3)4/h6-7,10-11,19H,5,8-9H2,1-4H3. The van der Waals surface area contributed by atoms with Gasteiger partial charge in [0.1, 0.15) is 5.75 Å². The first-order valence-corrected chi connectivity index (χ1v) is 8.45. The predicted molar refractivity (Wildman–Crippen MR) is 94.4 cm³/mol. The van der Waals surface area contributed by atoms with E-state index in [1.54, 1.807) is 0 Å². The van der Waals surface area contributed by atoms with Crippen LogP contribution in [-0.2, 0) is 0 Å². The molecule has 2 nitrogen and oxygen atoms in total. The average Bonchev–Trinajstić information content (AvgIpc) is 2.32. The molecule has 0 heterocycles. The second-order valence-electron chi connectivity index (χ2n) is 5.69. The van der Waals surface area contributed by atoms with Gasteiger partial charge in [-0.25, -0.2) is 0 Å². The highest BCUT2D eigenvalue weighted by Crippen LogP contribution is 2.33. The average molecular weight is 405 g/mol. The molecule has 112 valence electrons.